The second-order valence-corrected chi connectivity index (χ2v) is 5.19. The summed E-state index contributed by atoms with van der Waals surface area (Å²) in [5.74, 6) is -0.0552. The highest BCUT2D eigenvalue weighted by Crippen LogP contribution is 2.16. The minimum absolute atomic E-state index is 0.0552. The Morgan fingerprint density at radius 2 is 2.05 bits per heavy atom. The van der Waals surface area contributed by atoms with E-state index in [0.29, 0.717) is 12.2 Å². The van der Waals surface area contributed by atoms with Crippen LogP contribution in [0, 0.1) is 0 Å². The van der Waals surface area contributed by atoms with E-state index in [-0.39, 0.29) is 12.0 Å². The Labute approximate surface area is 121 Å². The third-order valence-corrected chi connectivity index (χ3v) is 3.62. The number of hydrogen-bond acceptors (Lipinski definition) is 2. The molecule has 0 heterocycles. The van der Waals surface area contributed by atoms with Gasteiger partial charge in [-0.3, -0.25) is 4.79 Å². The monoisotopic (exact) mass is 273 g/mol. The van der Waals surface area contributed by atoms with Gasteiger partial charge in [-0.05, 0) is 37.0 Å². The maximum Gasteiger partial charge on any atom is 0.251 e. The molecule has 1 N–H and O–H groups in total. The Bertz CT molecular complexity index is 451. The molecule has 1 aromatic rings. The van der Waals surface area contributed by atoms with E-state index in [4.69, 9.17) is 4.74 Å². The van der Waals surface area contributed by atoms with Crippen LogP contribution in [0.25, 0.3) is 0 Å². The van der Waals surface area contributed by atoms with E-state index in [1.807, 2.05) is 24.3 Å². The van der Waals surface area contributed by atoms with Crippen molar-refractivity contribution in [3.63, 3.8) is 0 Å². The van der Waals surface area contributed by atoms with Crippen LogP contribution in [0.1, 0.15) is 48.0 Å². The van der Waals surface area contributed by atoms with Crippen LogP contribution in [0.5, 0.6) is 0 Å². The van der Waals surface area contributed by atoms with Crippen LogP contribution in [0.3, 0.4) is 0 Å². The number of benzene rings is 1. The zero-order valence-electron chi connectivity index (χ0n) is 12.1. The van der Waals surface area contributed by atoms with Gasteiger partial charge < -0.3 is 10.1 Å². The van der Waals surface area contributed by atoms with E-state index in [0.717, 1.165) is 12.0 Å². The van der Waals surface area contributed by atoms with E-state index in [1.54, 1.807) is 7.05 Å². The standard InChI is InChI=1S/C17H23NO2/c1-18-17(19)15-11-9-14(10-12-15)13-20-16-7-5-3-2-4-6-8-16/h5,7,9-12,16H,2-4,6,8,13H2,1H3,(H,18,19). The van der Waals surface area contributed by atoms with Crippen LogP contribution in [-0.2, 0) is 11.3 Å². The third-order valence-electron chi connectivity index (χ3n) is 3.62. The lowest BCUT2D eigenvalue weighted by Gasteiger charge is -2.16. The Kier molecular flexibility index (Phi) is 5.81. The summed E-state index contributed by atoms with van der Waals surface area (Å²) < 4.78 is 5.94. The van der Waals surface area contributed by atoms with E-state index in [2.05, 4.69) is 17.5 Å². The Balaban J connectivity index is 1.86. The summed E-state index contributed by atoms with van der Waals surface area (Å²) in [7, 11) is 1.64. The fourth-order valence-electron chi connectivity index (χ4n) is 2.37. The van der Waals surface area contributed by atoms with Crippen LogP contribution < -0.4 is 5.32 Å². The molecule has 1 unspecified atom stereocenters. The highest BCUT2D eigenvalue weighted by molar-refractivity contribution is 5.93. The van der Waals surface area contributed by atoms with Crippen LogP contribution in [0.2, 0.25) is 0 Å². The predicted octanol–water partition coefficient (Wildman–Crippen LogP) is 3.45. The van der Waals surface area contributed by atoms with Gasteiger partial charge in [0.15, 0.2) is 0 Å². The molecule has 1 aliphatic carbocycles. The zero-order valence-corrected chi connectivity index (χ0v) is 12.1. The summed E-state index contributed by atoms with van der Waals surface area (Å²) in [6.07, 6.45) is 10.8. The van der Waals surface area contributed by atoms with Crippen molar-refractivity contribution in [2.24, 2.45) is 0 Å². The lowest BCUT2D eigenvalue weighted by molar-refractivity contribution is 0.0638. The van der Waals surface area contributed by atoms with Gasteiger partial charge in [-0.2, -0.15) is 0 Å². The van der Waals surface area contributed by atoms with Crippen molar-refractivity contribution in [1.29, 1.82) is 0 Å². The molecule has 1 amide bonds. The van der Waals surface area contributed by atoms with Crippen molar-refractivity contribution in [2.45, 2.75) is 44.8 Å². The van der Waals surface area contributed by atoms with E-state index in [9.17, 15) is 4.79 Å². The molecule has 0 aliphatic heterocycles. The molecule has 2 rings (SSSR count). The molecule has 0 bridgehead atoms. The molecule has 0 fully saturated rings. The summed E-state index contributed by atoms with van der Waals surface area (Å²) >= 11 is 0. The second-order valence-electron chi connectivity index (χ2n) is 5.19. The second kappa shape index (κ2) is 7.85. The van der Waals surface area contributed by atoms with Gasteiger partial charge >= 0.3 is 0 Å². The minimum atomic E-state index is -0.0552. The maximum atomic E-state index is 11.4. The SMILES string of the molecule is CNC(=O)c1ccc(COC2C=CCCCCC2)cc1. The smallest absolute Gasteiger partial charge is 0.251 e. The lowest BCUT2D eigenvalue weighted by Crippen LogP contribution is -2.17. The molecule has 108 valence electrons. The molecule has 3 heteroatoms. The van der Waals surface area contributed by atoms with Crippen molar-refractivity contribution < 1.29 is 9.53 Å². The molecule has 20 heavy (non-hydrogen) atoms. The quantitative estimate of drug-likeness (QED) is 0.853. The van der Waals surface area contributed by atoms with Gasteiger partial charge in [-0.15, -0.1) is 0 Å². The maximum absolute atomic E-state index is 11.4. The third kappa shape index (κ3) is 4.49. The van der Waals surface area contributed by atoms with Gasteiger partial charge in [0.25, 0.3) is 5.91 Å². The first-order chi connectivity index (χ1) is 9.79. The average Bonchev–Trinajstić information content (AvgIpc) is 2.46. The summed E-state index contributed by atoms with van der Waals surface area (Å²) in [6.45, 7) is 0.600. The van der Waals surface area contributed by atoms with Crippen LogP contribution in [0.4, 0.5) is 0 Å². The number of nitrogens with one attached hydrogen (secondary N) is 1. The molecule has 1 atom stereocenters. The first-order valence-corrected chi connectivity index (χ1v) is 7.39. The highest BCUT2D eigenvalue weighted by Gasteiger charge is 2.08. The predicted molar refractivity (Wildman–Crippen MR) is 80.6 cm³/mol. The zero-order chi connectivity index (χ0) is 14.2. The van der Waals surface area contributed by atoms with Crippen molar-refractivity contribution in [3.8, 4) is 0 Å². The lowest BCUT2D eigenvalue weighted by atomic mass is 10.0. The molecular weight excluding hydrogens is 250 g/mol. The van der Waals surface area contributed by atoms with Crippen molar-refractivity contribution >= 4 is 5.91 Å². The van der Waals surface area contributed by atoms with E-state index >= 15 is 0 Å². The number of rotatable bonds is 4. The summed E-state index contributed by atoms with van der Waals surface area (Å²) in [4.78, 5) is 11.4. The van der Waals surface area contributed by atoms with Gasteiger partial charge in [0.05, 0.1) is 12.7 Å². The molecular formula is C17H23NO2. The molecule has 1 aromatic carbocycles. The van der Waals surface area contributed by atoms with Gasteiger partial charge in [-0.1, -0.05) is 37.1 Å². The van der Waals surface area contributed by atoms with E-state index < -0.39 is 0 Å². The van der Waals surface area contributed by atoms with Crippen molar-refractivity contribution in [1.82, 2.24) is 5.32 Å². The number of carbonyl (C=O) groups excluding carboxylic acids is 1. The molecule has 0 saturated heterocycles. The van der Waals surface area contributed by atoms with Gasteiger partial charge in [0.1, 0.15) is 0 Å². The van der Waals surface area contributed by atoms with Crippen LogP contribution >= 0.6 is 0 Å². The topological polar surface area (TPSA) is 38.3 Å². The van der Waals surface area contributed by atoms with Crippen molar-refractivity contribution in [3.05, 3.63) is 47.5 Å². The van der Waals surface area contributed by atoms with Crippen LogP contribution in [-0.4, -0.2) is 19.1 Å². The number of amides is 1. The molecule has 3 nitrogen and oxygen atoms in total. The van der Waals surface area contributed by atoms with Gasteiger partial charge in [-0.25, -0.2) is 0 Å². The first kappa shape index (κ1) is 14.8. The number of carbonyl (C=O) groups is 1. The average molecular weight is 273 g/mol. The first-order valence-electron chi connectivity index (χ1n) is 7.39. The summed E-state index contributed by atoms with van der Waals surface area (Å²) in [5, 5.41) is 2.62. The molecule has 1 aliphatic rings. The van der Waals surface area contributed by atoms with Crippen LogP contribution in [0.15, 0.2) is 36.4 Å². The van der Waals surface area contributed by atoms with E-state index in [1.165, 1.54) is 25.7 Å². The van der Waals surface area contributed by atoms with Gasteiger partial charge in [0, 0.05) is 12.6 Å². The Morgan fingerprint density at radius 1 is 1.25 bits per heavy atom. The molecule has 0 radical (unpaired) electrons. The Hall–Kier alpha value is -1.61. The summed E-state index contributed by atoms with van der Waals surface area (Å²) in [5.41, 5.74) is 1.79. The normalized spacial score (nSPS) is 19.1. The summed E-state index contributed by atoms with van der Waals surface area (Å²) in [6, 6.07) is 7.59. The fourth-order valence-corrected chi connectivity index (χ4v) is 2.37. The molecule has 0 saturated carbocycles. The molecule has 0 spiro atoms. The Morgan fingerprint density at radius 3 is 2.80 bits per heavy atom. The van der Waals surface area contributed by atoms with Gasteiger partial charge in [0.2, 0.25) is 0 Å². The minimum Gasteiger partial charge on any atom is -0.369 e. The number of allylic oxidation sites excluding steroid dienone is 1. The number of ether oxygens (including phenoxy) is 1. The molecule has 0 aromatic heterocycles. The van der Waals surface area contributed by atoms with Crippen molar-refractivity contribution in [2.75, 3.05) is 7.05 Å². The largest absolute Gasteiger partial charge is 0.369 e. The number of hydrogen-bond donors (Lipinski definition) is 1. The fraction of sp³-hybridized carbons (Fsp3) is 0.471. The highest BCUT2D eigenvalue weighted by atomic mass is 16.5.